The second kappa shape index (κ2) is 4.80. The van der Waals surface area contributed by atoms with Gasteiger partial charge in [-0.1, -0.05) is 17.4 Å². The minimum Gasteiger partial charge on any atom is -0.275 e. The normalized spacial score (nSPS) is 12.3. The summed E-state index contributed by atoms with van der Waals surface area (Å²) in [7, 11) is 0. The van der Waals surface area contributed by atoms with Gasteiger partial charge in [-0.05, 0) is 29.1 Å². The number of hydrogen-bond donors (Lipinski definition) is 1. The van der Waals surface area contributed by atoms with Crippen LogP contribution >= 0.6 is 34.3 Å². The van der Waals surface area contributed by atoms with Crippen LogP contribution in [0.3, 0.4) is 0 Å². The molecule has 4 aromatic rings. The van der Waals surface area contributed by atoms with E-state index in [1.165, 1.54) is 0 Å². The van der Waals surface area contributed by atoms with E-state index in [0.29, 0.717) is 10.7 Å². The number of H-pyrrole nitrogens is 1. The van der Waals surface area contributed by atoms with Gasteiger partial charge in [-0.3, -0.25) is 5.10 Å². The highest BCUT2D eigenvalue weighted by Gasteiger charge is 2.35. The van der Waals surface area contributed by atoms with E-state index < -0.39 is 11.2 Å². The average molecular weight is 359 g/mol. The molecular formula is C11H5ClF2N6S2. The van der Waals surface area contributed by atoms with Gasteiger partial charge in [0.1, 0.15) is 5.69 Å². The molecule has 4 rings (SSSR count). The first-order valence-electron chi connectivity index (χ1n) is 5.91. The smallest absolute Gasteiger partial charge is 0.275 e. The van der Waals surface area contributed by atoms with Crippen molar-refractivity contribution >= 4 is 39.2 Å². The minimum absolute atomic E-state index is 0.234. The van der Waals surface area contributed by atoms with Crippen LogP contribution in [-0.4, -0.2) is 30.0 Å². The zero-order valence-electron chi connectivity index (χ0n) is 10.5. The molecular weight excluding hydrogens is 354 g/mol. The Labute approximate surface area is 134 Å². The van der Waals surface area contributed by atoms with Crippen LogP contribution in [0.25, 0.3) is 26.2 Å². The number of aromatic nitrogens is 6. The monoisotopic (exact) mass is 358 g/mol. The van der Waals surface area contributed by atoms with Gasteiger partial charge >= 0.3 is 5.38 Å². The third kappa shape index (κ3) is 2.19. The molecule has 0 saturated carbocycles. The van der Waals surface area contributed by atoms with Crippen molar-refractivity contribution in [1.29, 1.82) is 0 Å². The molecule has 6 nitrogen and oxygen atoms in total. The second-order valence-corrected chi connectivity index (χ2v) is 6.65. The van der Waals surface area contributed by atoms with Crippen molar-refractivity contribution in [1.82, 2.24) is 30.0 Å². The van der Waals surface area contributed by atoms with Crippen molar-refractivity contribution in [2.24, 2.45) is 0 Å². The molecule has 0 spiro atoms. The van der Waals surface area contributed by atoms with Crippen LogP contribution in [0.2, 0.25) is 0 Å². The van der Waals surface area contributed by atoms with E-state index in [4.69, 9.17) is 11.6 Å². The van der Waals surface area contributed by atoms with Crippen LogP contribution < -0.4 is 0 Å². The summed E-state index contributed by atoms with van der Waals surface area (Å²) in [4.78, 5) is 1.23. The largest absolute Gasteiger partial charge is 0.383 e. The third-order valence-electron chi connectivity index (χ3n) is 2.83. The summed E-state index contributed by atoms with van der Waals surface area (Å²) in [6.45, 7) is 0. The Morgan fingerprint density at radius 3 is 2.91 bits per heavy atom. The Morgan fingerprint density at radius 1 is 1.32 bits per heavy atom. The minimum atomic E-state index is -3.62. The number of hydrogen-bond acceptors (Lipinski definition) is 6. The molecule has 0 saturated heterocycles. The van der Waals surface area contributed by atoms with Gasteiger partial charge in [0.15, 0.2) is 5.01 Å². The number of nitrogens with one attached hydrogen (secondary N) is 1. The quantitative estimate of drug-likeness (QED) is 0.568. The van der Waals surface area contributed by atoms with Gasteiger partial charge in [0.2, 0.25) is 10.8 Å². The van der Waals surface area contributed by atoms with Gasteiger partial charge in [0.05, 0.1) is 10.6 Å². The Hall–Kier alpha value is -1.91. The number of halogens is 3. The summed E-state index contributed by atoms with van der Waals surface area (Å²) in [6, 6.07) is 5.66. The van der Waals surface area contributed by atoms with Crippen molar-refractivity contribution in [3.8, 4) is 21.3 Å². The first kappa shape index (κ1) is 13.7. The van der Waals surface area contributed by atoms with Crippen LogP contribution in [-0.2, 0) is 5.38 Å². The number of nitrogens with zero attached hydrogens (tertiary/aromatic N) is 5. The van der Waals surface area contributed by atoms with E-state index in [0.717, 1.165) is 26.4 Å². The molecule has 0 unspecified atom stereocenters. The first-order chi connectivity index (χ1) is 10.5. The second-order valence-electron chi connectivity index (χ2n) is 4.27. The van der Waals surface area contributed by atoms with E-state index >= 15 is 0 Å². The fraction of sp³-hybridized carbons (Fsp3) is 0.0909. The number of rotatable bonds is 3. The van der Waals surface area contributed by atoms with Crippen LogP contribution in [0.4, 0.5) is 8.78 Å². The predicted octanol–water partition coefficient (Wildman–Crippen LogP) is 3.59. The summed E-state index contributed by atoms with van der Waals surface area (Å²) >= 11 is 7.66. The topological polar surface area (TPSA) is 71.8 Å². The SMILES string of the molecule is FC(F)(Cl)c1nnc2sc(-c3cc(-c4cccs4)n[nH]3)nn12. The maximum Gasteiger partial charge on any atom is 0.383 e. The molecule has 0 amide bonds. The first-order valence-corrected chi connectivity index (χ1v) is 7.99. The molecule has 4 heterocycles. The molecule has 4 aromatic heterocycles. The van der Waals surface area contributed by atoms with E-state index in [9.17, 15) is 8.78 Å². The van der Waals surface area contributed by atoms with Gasteiger partial charge in [-0.2, -0.15) is 23.5 Å². The lowest BCUT2D eigenvalue weighted by Crippen LogP contribution is -2.10. The molecule has 1 N–H and O–H groups in total. The van der Waals surface area contributed by atoms with E-state index in [1.54, 1.807) is 17.4 Å². The van der Waals surface area contributed by atoms with Crippen molar-refractivity contribution in [2.75, 3.05) is 0 Å². The predicted molar refractivity (Wildman–Crippen MR) is 79.3 cm³/mol. The number of aromatic amines is 1. The summed E-state index contributed by atoms with van der Waals surface area (Å²) in [6.07, 6.45) is 0. The molecule has 0 aliphatic heterocycles. The lowest BCUT2D eigenvalue weighted by molar-refractivity contribution is 0.0821. The zero-order valence-corrected chi connectivity index (χ0v) is 12.9. The lowest BCUT2D eigenvalue weighted by Gasteiger charge is -2.01. The summed E-state index contributed by atoms with van der Waals surface area (Å²) in [5, 5.41) is 16.9. The van der Waals surface area contributed by atoms with Gasteiger partial charge in [-0.25, -0.2) is 0 Å². The van der Waals surface area contributed by atoms with E-state index in [1.807, 2.05) is 17.5 Å². The highest BCUT2D eigenvalue weighted by molar-refractivity contribution is 7.19. The zero-order chi connectivity index (χ0) is 15.3. The average Bonchev–Trinajstić information content (AvgIpc) is 3.20. The number of alkyl halides is 3. The van der Waals surface area contributed by atoms with Crippen LogP contribution in [0.15, 0.2) is 23.6 Å². The van der Waals surface area contributed by atoms with Gasteiger partial charge < -0.3 is 0 Å². The highest BCUT2D eigenvalue weighted by atomic mass is 35.5. The van der Waals surface area contributed by atoms with Gasteiger partial charge in [0.25, 0.3) is 0 Å². The molecule has 11 heteroatoms. The maximum atomic E-state index is 13.2. The fourth-order valence-electron chi connectivity index (χ4n) is 1.88. The third-order valence-corrected chi connectivity index (χ3v) is 4.82. The fourth-order valence-corrected chi connectivity index (χ4v) is 3.49. The molecule has 0 fully saturated rings. The molecule has 0 bridgehead atoms. The number of fused-ring (bicyclic) bond motifs is 1. The van der Waals surface area contributed by atoms with Crippen molar-refractivity contribution in [3.05, 3.63) is 29.4 Å². The number of thiophene rings is 1. The summed E-state index contributed by atoms with van der Waals surface area (Å²) < 4.78 is 27.4. The lowest BCUT2D eigenvalue weighted by atomic mass is 10.3. The Morgan fingerprint density at radius 2 is 2.18 bits per heavy atom. The Balaban J connectivity index is 1.77. The van der Waals surface area contributed by atoms with Crippen molar-refractivity contribution in [3.63, 3.8) is 0 Å². The molecule has 0 aliphatic carbocycles. The highest BCUT2D eigenvalue weighted by Crippen LogP contribution is 2.34. The van der Waals surface area contributed by atoms with Crippen LogP contribution in [0.5, 0.6) is 0 Å². The summed E-state index contributed by atoms with van der Waals surface area (Å²) in [5.41, 5.74) is 1.38. The Bertz CT molecular complexity index is 936. The van der Waals surface area contributed by atoms with Crippen molar-refractivity contribution < 1.29 is 8.78 Å². The molecule has 0 radical (unpaired) electrons. The van der Waals surface area contributed by atoms with E-state index in [2.05, 4.69) is 25.5 Å². The van der Waals surface area contributed by atoms with Gasteiger partial charge in [0, 0.05) is 0 Å². The Kier molecular flexibility index (Phi) is 2.99. The van der Waals surface area contributed by atoms with Crippen LogP contribution in [0.1, 0.15) is 5.82 Å². The molecule has 112 valence electrons. The molecule has 0 aliphatic rings. The van der Waals surface area contributed by atoms with E-state index in [-0.39, 0.29) is 4.96 Å². The molecule has 0 aromatic carbocycles. The molecule has 0 atom stereocenters. The van der Waals surface area contributed by atoms with Gasteiger partial charge in [-0.15, -0.1) is 21.5 Å². The maximum absolute atomic E-state index is 13.2. The molecule has 22 heavy (non-hydrogen) atoms. The standard InChI is InChI=1S/C11H5ClF2N6S2/c12-11(13,14)9-17-18-10-20(9)19-8(22-10)6-4-5(15-16-6)7-2-1-3-21-7/h1-4H,(H,15,16). The summed E-state index contributed by atoms with van der Waals surface area (Å²) in [5.74, 6) is -0.704. The van der Waals surface area contributed by atoms with Crippen LogP contribution in [0, 0.1) is 0 Å². The van der Waals surface area contributed by atoms with Crippen molar-refractivity contribution in [2.45, 2.75) is 5.38 Å².